The first-order chi connectivity index (χ1) is 30.0. The number of ether oxygens (including phenoxy) is 1. The van der Waals surface area contributed by atoms with E-state index in [0.29, 0.717) is 17.9 Å². The van der Waals surface area contributed by atoms with Crippen LogP contribution in [0.5, 0.6) is 5.75 Å². The largest absolute Gasteiger partial charge is 0.460 e. The Labute approximate surface area is 382 Å². The van der Waals surface area contributed by atoms with Gasteiger partial charge in [-0.05, 0) is 147 Å². The second-order valence-corrected chi connectivity index (χ2v) is 18.8. The normalized spacial score (nSPS) is 18.9. The Hall–Kier alpha value is -4.57. The summed E-state index contributed by atoms with van der Waals surface area (Å²) in [4.78, 5) is 13.9. The minimum Gasteiger partial charge on any atom is -0.460 e. The number of allylic oxidation sites excluding steroid dienone is 8. The van der Waals surface area contributed by atoms with Gasteiger partial charge in [0.1, 0.15) is 18.1 Å². The van der Waals surface area contributed by atoms with Crippen LogP contribution in [0.25, 0.3) is 21.5 Å². The Morgan fingerprint density at radius 2 is 1.52 bits per heavy atom. The van der Waals surface area contributed by atoms with Crippen molar-refractivity contribution in [3.8, 4) is 5.75 Å². The SMILES string of the molecule is CC1(C)C(/C=C/C2=C(Cl)C(=C/C=C3/Oc4ccc5ccccc5c4C3(C)C)/CC(C(=O)Nc3ccccc3)C2)=[N+](CCCCS)c2ccc3ccccc3c21.NCCCCSO. The van der Waals surface area contributed by atoms with Crippen molar-refractivity contribution in [3.05, 3.63) is 160 Å². The number of rotatable bonds is 13. The van der Waals surface area contributed by atoms with Crippen LogP contribution in [0, 0.1) is 5.92 Å². The molecule has 6 nitrogen and oxygen atoms in total. The topological polar surface area (TPSA) is 87.6 Å². The predicted molar refractivity (Wildman–Crippen MR) is 267 cm³/mol. The van der Waals surface area contributed by atoms with Gasteiger partial charge in [-0.3, -0.25) is 4.79 Å². The molecule has 0 radical (unpaired) electrons. The highest BCUT2D eigenvalue weighted by Crippen LogP contribution is 2.49. The van der Waals surface area contributed by atoms with Gasteiger partial charge in [-0.2, -0.15) is 17.2 Å². The molecular formula is C53H59ClN3O3S2+. The summed E-state index contributed by atoms with van der Waals surface area (Å²) in [5.41, 5.74) is 12.2. The van der Waals surface area contributed by atoms with Gasteiger partial charge >= 0.3 is 0 Å². The van der Waals surface area contributed by atoms with Gasteiger partial charge in [-0.15, -0.1) is 0 Å². The maximum Gasteiger partial charge on any atom is 0.228 e. The van der Waals surface area contributed by atoms with Crippen LogP contribution in [0.3, 0.4) is 0 Å². The van der Waals surface area contributed by atoms with E-state index in [9.17, 15) is 4.79 Å². The maximum atomic E-state index is 13.9. The lowest BCUT2D eigenvalue weighted by Gasteiger charge is -2.26. The van der Waals surface area contributed by atoms with Crippen LogP contribution in [0.2, 0.25) is 0 Å². The second-order valence-electron chi connectivity index (χ2n) is 17.3. The third kappa shape index (κ3) is 9.65. The zero-order valence-electron chi connectivity index (χ0n) is 36.3. The van der Waals surface area contributed by atoms with Gasteiger partial charge in [0.2, 0.25) is 11.6 Å². The number of carbonyl (C=O) groups is 1. The van der Waals surface area contributed by atoms with Gasteiger partial charge in [0.15, 0.2) is 5.71 Å². The van der Waals surface area contributed by atoms with Crippen molar-refractivity contribution in [2.75, 3.05) is 29.9 Å². The highest BCUT2D eigenvalue weighted by Gasteiger charge is 2.45. The molecule has 0 bridgehead atoms. The number of nitrogens with zero attached hydrogens (tertiary/aromatic N) is 1. The zero-order chi connectivity index (χ0) is 43.9. The number of anilines is 1. The van der Waals surface area contributed by atoms with E-state index in [1.807, 2.05) is 30.3 Å². The van der Waals surface area contributed by atoms with Crippen LogP contribution in [0.4, 0.5) is 11.4 Å². The Kier molecular flexibility index (Phi) is 14.9. The molecule has 1 aliphatic carbocycles. The summed E-state index contributed by atoms with van der Waals surface area (Å²) in [7, 11) is 0. The van der Waals surface area contributed by atoms with Gasteiger partial charge in [0.05, 0.1) is 10.8 Å². The minimum absolute atomic E-state index is 0.0164. The first-order valence-electron chi connectivity index (χ1n) is 21.8. The summed E-state index contributed by atoms with van der Waals surface area (Å²) in [5.74, 6) is 3.09. The second kappa shape index (κ2) is 20.3. The van der Waals surface area contributed by atoms with E-state index in [-0.39, 0.29) is 22.7 Å². The molecule has 8 rings (SSSR count). The van der Waals surface area contributed by atoms with Gasteiger partial charge in [0, 0.05) is 52.1 Å². The number of nitrogens with one attached hydrogen (secondary N) is 1. The van der Waals surface area contributed by atoms with Crippen LogP contribution in [-0.4, -0.2) is 45.3 Å². The number of hydrogen-bond acceptors (Lipinski definition) is 6. The lowest BCUT2D eigenvalue weighted by Crippen LogP contribution is -2.28. The Morgan fingerprint density at radius 3 is 2.21 bits per heavy atom. The van der Waals surface area contributed by atoms with Gasteiger partial charge in [-0.1, -0.05) is 96.5 Å². The van der Waals surface area contributed by atoms with E-state index in [4.69, 9.17) is 26.6 Å². The highest BCUT2D eigenvalue weighted by molar-refractivity contribution is 7.93. The third-order valence-corrected chi connectivity index (χ3v) is 13.6. The monoisotopic (exact) mass is 884 g/mol. The molecule has 5 aromatic carbocycles. The molecule has 62 heavy (non-hydrogen) atoms. The van der Waals surface area contributed by atoms with Gasteiger partial charge in [0.25, 0.3) is 0 Å². The molecule has 0 aromatic heterocycles. The summed E-state index contributed by atoms with van der Waals surface area (Å²) < 4.78 is 17.2. The first kappa shape index (κ1) is 45.5. The first-order valence-corrected chi connectivity index (χ1v) is 23.7. The molecular weight excluding hydrogens is 826 g/mol. The van der Waals surface area contributed by atoms with E-state index < -0.39 is 0 Å². The Bertz CT molecular complexity index is 2590. The summed E-state index contributed by atoms with van der Waals surface area (Å²) in [6, 6.07) is 35.5. The Balaban J connectivity index is 0.000000762. The predicted octanol–water partition coefficient (Wildman–Crippen LogP) is 13.3. The molecule has 322 valence electrons. The summed E-state index contributed by atoms with van der Waals surface area (Å²) >= 11 is 12.8. The number of fused-ring (bicyclic) bond motifs is 6. The number of hydrogen-bond donors (Lipinski definition) is 4. The van der Waals surface area contributed by atoms with Crippen molar-refractivity contribution in [2.45, 2.75) is 77.0 Å². The molecule has 1 unspecified atom stereocenters. The number of nitrogens with two attached hydrogens (primary N) is 1. The number of carbonyl (C=O) groups excluding carboxylic acids is 1. The van der Waals surface area contributed by atoms with Crippen LogP contribution < -0.4 is 15.8 Å². The third-order valence-electron chi connectivity index (χ3n) is 12.4. The number of unbranched alkanes of at least 4 members (excludes halogenated alkanes) is 2. The van der Waals surface area contributed by atoms with E-state index >= 15 is 0 Å². The Morgan fingerprint density at radius 1 is 0.839 bits per heavy atom. The van der Waals surface area contributed by atoms with Crippen molar-refractivity contribution in [2.24, 2.45) is 11.7 Å². The molecule has 0 spiro atoms. The fourth-order valence-electron chi connectivity index (χ4n) is 9.14. The van der Waals surface area contributed by atoms with E-state index in [0.717, 1.165) is 90.7 Å². The maximum absolute atomic E-state index is 13.9. The quantitative estimate of drug-likeness (QED) is 0.0409. The van der Waals surface area contributed by atoms with E-state index in [2.05, 4.69) is 147 Å². The average molecular weight is 886 g/mol. The van der Waals surface area contributed by atoms with Crippen molar-refractivity contribution in [3.63, 3.8) is 0 Å². The van der Waals surface area contributed by atoms with Crippen molar-refractivity contribution < 1.29 is 18.7 Å². The number of thiol groups is 1. The molecule has 9 heteroatoms. The molecule has 0 saturated heterocycles. The molecule has 4 N–H and O–H groups in total. The summed E-state index contributed by atoms with van der Waals surface area (Å²) in [6.45, 7) is 10.7. The molecule has 2 heterocycles. The number of halogens is 1. The molecule has 0 saturated carbocycles. The fraction of sp³-hybridized carbons (Fsp3) is 0.321. The van der Waals surface area contributed by atoms with Crippen molar-refractivity contribution in [1.29, 1.82) is 0 Å². The lowest BCUT2D eigenvalue weighted by molar-refractivity contribution is -0.438. The van der Waals surface area contributed by atoms with Crippen LogP contribution in [0.1, 0.15) is 77.3 Å². The lowest BCUT2D eigenvalue weighted by atomic mass is 9.78. The van der Waals surface area contributed by atoms with Crippen molar-refractivity contribution >= 4 is 80.8 Å². The molecule has 2 aliphatic heterocycles. The molecule has 5 aromatic rings. The number of para-hydroxylation sites is 1. The molecule has 3 aliphatic rings. The average Bonchev–Trinajstić information content (AvgIpc) is 3.67. The van der Waals surface area contributed by atoms with E-state index in [1.54, 1.807) is 0 Å². The summed E-state index contributed by atoms with van der Waals surface area (Å²) in [6.07, 6.45) is 13.7. The van der Waals surface area contributed by atoms with Gasteiger partial charge < -0.3 is 20.3 Å². The number of benzene rings is 5. The standard InChI is InChI=1S/C49H47ClN2O2S.C4H11NOS/c1-48(2)42(52(28-12-13-29-55)40-24-20-32-14-8-10-18-38(32)44(40)48)26-22-34-30-36(47(53)51-37-16-6-5-7-17-37)31-35(46(34)50)23-27-43-49(3,4)45-39-19-11-9-15-33(39)21-25-41(45)54-43;5-3-1-2-4-7-6/h5-11,14-27,36H,12-13,28-31H2,1-4H3,(H-,51,53,55);6H,1-5H2/p+1/b26-22+,35-23+,43-27+;. The van der Waals surface area contributed by atoms with Crippen molar-refractivity contribution in [1.82, 2.24) is 0 Å². The number of amides is 1. The van der Waals surface area contributed by atoms with Crippen LogP contribution in [-0.2, 0) is 15.6 Å². The molecule has 0 fully saturated rings. The molecule has 1 atom stereocenters. The minimum atomic E-state index is -0.356. The smallest absolute Gasteiger partial charge is 0.228 e. The molecule has 1 amide bonds. The zero-order valence-corrected chi connectivity index (χ0v) is 38.8. The van der Waals surface area contributed by atoms with Crippen LogP contribution in [0.15, 0.2) is 149 Å². The van der Waals surface area contributed by atoms with E-state index in [1.165, 1.54) is 44.1 Å². The van der Waals surface area contributed by atoms with Gasteiger partial charge in [-0.25, -0.2) is 0 Å². The fourth-order valence-corrected chi connectivity index (χ4v) is 9.98. The van der Waals surface area contributed by atoms with Crippen LogP contribution >= 0.6 is 36.3 Å². The highest BCUT2D eigenvalue weighted by atomic mass is 35.5. The summed E-state index contributed by atoms with van der Waals surface area (Å²) in [5, 5.41) is 8.78.